The molecule has 0 unspecified atom stereocenters. The Morgan fingerprint density at radius 3 is 2.71 bits per heavy atom. The normalized spacial score (nSPS) is 10.5. The zero-order valence-corrected chi connectivity index (χ0v) is 11.8. The number of benzene rings is 1. The second kappa shape index (κ2) is 7.33. The lowest BCUT2D eigenvalue weighted by Gasteiger charge is -2.05. The number of fused-ring (bicyclic) bond motifs is 1. The van der Waals surface area contributed by atoms with Crippen molar-refractivity contribution < 1.29 is 9.59 Å². The molecular formula is C15H20N4O2. The number of aromatic amines is 1. The van der Waals surface area contributed by atoms with Crippen molar-refractivity contribution in [2.75, 3.05) is 13.1 Å². The van der Waals surface area contributed by atoms with E-state index in [2.05, 4.69) is 21.7 Å². The summed E-state index contributed by atoms with van der Waals surface area (Å²) in [6, 6.07) is 7.55. The van der Waals surface area contributed by atoms with Gasteiger partial charge in [0.2, 0.25) is 5.91 Å². The van der Waals surface area contributed by atoms with E-state index in [0.29, 0.717) is 19.5 Å². The highest BCUT2D eigenvalue weighted by Crippen LogP contribution is 2.19. The fraction of sp³-hybridized carbons (Fsp3) is 0.333. The minimum Gasteiger partial charge on any atom is -0.361 e. The predicted octanol–water partition coefficient (Wildman–Crippen LogP) is 1.28. The molecule has 0 radical (unpaired) electrons. The zero-order chi connectivity index (χ0) is 15.1. The van der Waals surface area contributed by atoms with Gasteiger partial charge in [0, 0.05) is 36.6 Å². The summed E-state index contributed by atoms with van der Waals surface area (Å²) in [5.74, 6) is -0.0129. The number of urea groups is 1. The van der Waals surface area contributed by atoms with E-state index in [9.17, 15) is 9.59 Å². The monoisotopic (exact) mass is 288 g/mol. The van der Waals surface area contributed by atoms with Gasteiger partial charge < -0.3 is 21.4 Å². The summed E-state index contributed by atoms with van der Waals surface area (Å²) >= 11 is 0. The van der Waals surface area contributed by atoms with Crippen LogP contribution in [-0.4, -0.2) is 30.0 Å². The summed E-state index contributed by atoms with van der Waals surface area (Å²) in [4.78, 5) is 25.3. The highest BCUT2D eigenvalue weighted by atomic mass is 16.2. The molecule has 0 aliphatic carbocycles. The quantitative estimate of drug-likeness (QED) is 0.577. The number of aryl methyl sites for hydroxylation is 1. The average molecular weight is 288 g/mol. The van der Waals surface area contributed by atoms with E-state index in [1.165, 1.54) is 10.9 Å². The van der Waals surface area contributed by atoms with E-state index in [0.717, 1.165) is 18.4 Å². The average Bonchev–Trinajstić information content (AvgIpc) is 2.87. The summed E-state index contributed by atoms with van der Waals surface area (Å²) in [5.41, 5.74) is 7.27. The predicted molar refractivity (Wildman–Crippen MR) is 81.8 cm³/mol. The number of nitrogens with one attached hydrogen (secondary N) is 3. The maximum Gasteiger partial charge on any atom is 0.312 e. The van der Waals surface area contributed by atoms with Gasteiger partial charge in [0.05, 0.1) is 0 Å². The highest BCUT2D eigenvalue weighted by Gasteiger charge is 2.05. The second-order valence-electron chi connectivity index (χ2n) is 4.85. The Hall–Kier alpha value is -2.50. The van der Waals surface area contributed by atoms with Crippen LogP contribution in [0.5, 0.6) is 0 Å². The Morgan fingerprint density at radius 1 is 1.14 bits per heavy atom. The first-order valence-electron chi connectivity index (χ1n) is 7.02. The number of H-pyrrole nitrogens is 1. The molecule has 0 saturated carbocycles. The van der Waals surface area contributed by atoms with Crippen LogP contribution in [0.1, 0.15) is 18.4 Å². The van der Waals surface area contributed by atoms with Gasteiger partial charge in [0.25, 0.3) is 0 Å². The molecule has 1 aromatic heterocycles. The Labute approximate surface area is 123 Å². The minimum atomic E-state index is -0.580. The number of nitrogens with two attached hydrogens (primary N) is 1. The number of hydrogen-bond acceptors (Lipinski definition) is 2. The van der Waals surface area contributed by atoms with Crippen molar-refractivity contribution >= 4 is 22.8 Å². The van der Waals surface area contributed by atoms with Crippen LogP contribution in [0.25, 0.3) is 10.9 Å². The molecule has 0 spiro atoms. The van der Waals surface area contributed by atoms with Crippen LogP contribution in [0.2, 0.25) is 0 Å². The molecular weight excluding hydrogens is 268 g/mol. The summed E-state index contributed by atoms with van der Waals surface area (Å²) in [6.07, 6.45) is 4.11. The van der Waals surface area contributed by atoms with E-state index in [4.69, 9.17) is 5.73 Å². The molecule has 6 nitrogen and oxygen atoms in total. The number of rotatable bonds is 7. The third-order valence-corrected chi connectivity index (χ3v) is 3.27. The molecule has 5 N–H and O–H groups in total. The van der Waals surface area contributed by atoms with Crippen LogP contribution in [0.3, 0.4) is 0 Å². The maximum absolute atomic E-state index is 11.6. The number of primary amides is 1. The molecule has 3 amide bonds. The van der Waals surface area contributed by atoms with Gasteiger partial charge >= 0.3 is 6.03 Å². The molecule has 21 heavy (non-hydrogen) atoms. The number of amides is 3. The number of para-hydroxylation sites is 1. The topological polar surface area (TPSA) is 100 Å². The zero-order valence-electron chi connectivity index (χ0n) is 11.8. The van der Waals surface area contributed by atoms with Gasteiger partial charge in [-0.15, -0.1) is 0 Å². The maximum atomic E-state index is 11.6. The molecule has 0 bridgehead atoms. The lowest BCUT2D eigenvalue weighted by atomic mass is 10.1. The Kier molecular flexibility index (Phi) is 5.20. The van der Waals surface area contributed by atoms with Crippen molar-refractivity contribution in [1.29, 1.82) is 0 Å². The summed E-state index contributed by atoms with van der Waals surface area (Å²) in [5, 5.41) is 6.37. The standard InChI is InChI=1S/C15H20N4O2/c16-15(21)18-9-8-17-14(20)7-3-4-11-10-19-13-6-2-1-5-12(11)13/h1-2,5-6,10,19H,3-4,7-9H2,(H,17,20)(H3,16,18,21). The third-order valence-electron chi connectivity index (χ3n) is 3.27. The van der Waals surface area contributed by atoms with Crippen molar-refractivity contribution in [3.05, 3.63) is 36.0 Å². The van der Waals surface area contributed by atoms with Crippen LogP contribution in [0.15, 0.2) is 30.5 Å². The third kappa shape index (κ3) is 4.52. The van der Waals surface area contributed by atoms with Crippen molar-refractivity contribution in [2.24, 2.45) is 5.73 Å². The number of carbonyl (C=O) groups is 2. The van der Waals surface area contributed by atoms with Gasteiger partial charge in [0.1, 0.15) is 0 Å². The molecule has 0 atom stereocenters. The SMILES string of the molecule is NC(=O)NCCNC(=O)CCCc1c[nH]c2ccccc12. The van der Waals surface area contributed by atoms with Crippen LogP contribution in [0.4, 0.5) is 4.79 Å². The van der Waals surface area contributed by atoms with Crippen LogP contribution in [-0.2, 0) is 11.2 Å². The lowest BCUT2D eigenvalue weighted by molar-refractivity contribution is -0.121. The van der Waals surface area contributed by atoms with Crippen LogP contribution in [0, 0.1) is 0 Å². The van der Waals surface area contributed by atoms with E-state index in [1.807, 2.05) is 24.4 Å². The summed E-state index contributed by atoms with van der Waals surface area (Å²) < 4.78 is 0. The first kappa shape index (κ1) is 14.9. The molecule has 0 saturated heterocycles. The fourth-order valence-corrected chi connectivity index (χ4v) is 2.25. The van der Waals surface area contributed by atoms with E-state index < -0.39 is 6.03 Å². The Balaban J connectivity index is 1.69. The van der Waals surface area contributed by atoms with Gasteiger partial charge in [0.15, 0.2) is 0 Å². The van der Waals surface area contributed by atoms with Crippen molar-refractivity contribution in [3.63, 3.8) is 0 Å². The molecule has 2 rings (SSSR count). The fourth-order valence-electron chi connectivity index (χ4n) is 2.25. The molecule has 0 aliphatic rings. The van der Waals surface area contributed by atoms with E-state index in [1.54, 1.807) is 0 Å². The van der Waals surface area contributed by atoms with Gasteiger partial charge in [-0.25, -0.2) is 4.79 Å². The van der Waals surface area contributed by atoms with Crippen LogP contribution >= 0.6 is 0 Å². The smallest absolute Gasteiger partial charge is 0.312 e. The van der Waals surface area contributed by atoms with Gasteiger partial charge in [-0.2, -0.15) is 0 Å². The summed E-state index contributed by atoms with van der Waals surface area (Å²) in [6.45, 7) is 0.748. The number of carbonyl (C=O) groups excluding carboxylic acids is 2. The first-order valence-corrected chi connectivity index (χ1v) is 7.02. The van der Waals surface area contributed by atoms with Crippen LogP contribution < -0.4 is 16.4 Å². The van der Waals surface area contributed by atoms with Crippen molar-refractivity contribution in [1.82, 2.24) is 15.6 Å². The molecule has 0 fully saturated rings. The molecule has 1 heterocycles. The minimum absolute atomic E-state index is 0.0129. The van der Waals surface area contributed by atoms with Gasteiger partial charge in [-0.3, -0.25) is 4.79 Å². The number of aromatic nitrogens is 1. The molecule has 0 aliphatic heterocycles. The molecule has 1 aromatic carbocycles. The first-order chi connectivity index (χ1) is 10.2. The Bertz CT molecular complexity index is 621. The molecule has 2 aromatic rings. The van der Waals surface area contributed by atoms with E-state index >= 15 is 0 Å². The highest BCUT2D eigenvalue weighted by molar-refractivity contribution is 5.83. The van der Waals surface area contributed by atoms with Crippen molar-refractivity contribution in [3.8, 4) is 0 Å². The Morgan fingerprint density at radius 2 is 1.90 bits per heavy atom. The van der Waals surface area contributed by atoms with Gasteiger partial charge in [-0.05, 0) is 24.5 Å². The molecule has 112 valence electrons. The lowest BCUT2D eigenvalue weighted by Crippen LogP contribution is -2.37. The molecule has 6 heteroatoms. The second-order valence-corrected chi connectivity index (χ2v) is 4.85. The van der Waals surface area contributed by atoms with E-state index in [-0.39, 0.29) is 5.91 Å². The van der Waals surface area contributed by atoms with Crippen molar-refractivity contribution in [2.45, 2.75) is 19.3 Å². The number of hydrogen-bond donors (Lipinski definition) is 4. The van der Waals surface area contributed by atoms with Gasteiger partial charge in [-0.1, -0.05) is 18.2 Å². The summed E-state index contributed by atoms with van der Waals surface area (Å²) in [7, 11) is 0. The largest absolute Gasteiger partial charge is 0.361 e.